The third kappa shape index (κ3) is 3.01. The predicted octanol–water partition coefficient (Wildman–Crippen LogP) is 1.57. The Morgan fingerprint density at radius 1 is 1.21 bits per heavy atom. The van der Waals surface area contributed by atoms with E-state index in [0.29, 0.717) is 18.9 Å². The lowest BCUT2D eigenvalue weighted by atomic mass is 9.99. The Kier molecular flexibility index (Phi) is 3.22. The molecule has 1 N–H and O–H groups in total. The van der Waals surface area contributed by atoms with Gasteiger partial charge in [0.25, 0.3) is 0 Å². The minimum Gasteiger partial charge on any atom is -0.476 e. The van der Waals surface area contributed by atoms with Crippen molar-refractivity contribution in [2.75, 3.05) is 18.0 Å². The fraction of sp³-hybridized carbons (Fsp3) is 0.615. The van der Waals surface area contributed by atoms with Crippen molar-refractivity contribution >= 4 is 11.8 Å². The van der Waals surface area contributed by atoms with Gasteiger partial charge in [-0.2, -0.15) is 0 Å². The molecule has 0 radical (unpaired) electrons. The van der Waals surface area contributed by atoms with Crippen LogP contribution in [-0.4, -0.2) is 45.3 Å². The molecule has 19 heavy (non-hydrogen) atoms. The van der Waals surface area contributed by atoms with Gasteiger partial charge in [0.15, 0.2) is 11.5 Å². The molecule has 0 bridgehead atoms. The molecular formula is C13H19N3O3. The zero-order chi connectivity index (χ0) is 14.3. The molecule has 2 heterocycles. The van der Waals surface area contributed by atoms with Crippen LogP contribution in [0.25, 0.3) is 0 Å². The molecule has 0 saturated carbocycles. The van der Waals surface area contributed by atoms with E-state index < -0.39 is 5.97 Å². The molecule has 1 aromatic rings. The largest absolute Gasteiger partial charge is 0.476 e. The van der Waals surface area contributed by atoms with Crippen LogP contribution in [0.15, 0.2) is 12.4 Å². The van der Waals surface area contributed by atoms with Crippen LogP contribution in [0.1, 0.15) is 38.2 Å². The van der Waals surface area contributed by atoms with Crippen molar-refractivity contribution in [3.8, 4) is 0 Å². The van der Waals surface area contributed by atoms with E-state index in [-0.39, 0.29) is 16.9 Å². The topological polar surface area (TPSA) is 75.6 Å². The van der Waals surface area contributed by atoms with Gasteiger partial charge in [0.2, 0.25) is 0 Å². The minimum atomic E-state index is -1.06. The van der Waals surface area contributed by atoms with Crippen molar-refractivity contribution in [3.05, 3.63) is 18.1 Å². The number of anilines is 1. The number of aromatic carboxylic acids is 1. The number of hydrogen-bond acceptors (Lipinski definition) is 5. The summed E-state index contributed by atoms with van der Waals surface area (Å²) >= 11 is 0. The molecule has 1 saturated heterocycles. The summed E-state index contributed by atoms with van der Waals surface area (Å²) in [6, 6.07) is 0. The normalized spacial score (nSPS) is 21.2. The molecule has 1 aliphatic rings. The minimum absolute atomic E-state index is 0.0176. The maximum absolute atomic E-state index is 11.2. The van der Waals surface area contributed by atoms with Gasteiger partial charge in [0.05, 0.1) is 11.2 Å². The molecular weight excluding hydrogens is 246 g/mol. The average Bonchev–Trinajstić information content (AvgIpc) is 2.24. The molecule has 0 spiro atoms. The van der Waals surface area contributed by atoms with Gasteiger partial charge in [-0.3, -0.25) is 0 Å². The van der Waals surface area contributed by atoms with E-state index in [2.05, 4.69) is 9.97 Å². The molecule has 1 aliphatic heterocycles. The number of rotatable bonds is 2. The standard InChI is InChI=1S/C13H19N3O3/c1-12(2)7-16(8-13(3,4)19-12)10-9(11(17)18)14-5-6-15-10/h5-6H,7-8H2,1-4H3,(H,17,18). The first-order valence-corrected chi connectivity index (χ1v) is 6.20. The number of ether oxygens (including phenoxy) is 1. The average molecular weight is 265 g/mol. The molecule has 0 unspecified atom stereocenters. The molecule has 2 rings (SSSR count). The number of nitrogens with zero attached hydrogens (tertiary/aromatic N) is 3. The summed E-state index contributed by atoms with van der Waals surface area (Å²) in [4.78, 5) is 21.2. The van der Waals surface area contributed by atoms with Gasteiger partial charge in [-0.15, -0.1) is 0 Å². The molecule has 0 atom stereocenters. The van der Waals surface area contributed by atoms with Crippen molar-refractivity contribution < 1.29 is 14.6 Å². The summed E-state index contributed by atoms with van der Waals surface area (Å²) < 4.78 is 5.98. The number of hydrogen-bond donors (Lipinski definition) is 1. The molecule has 1 aromatic heterocycles. The summed E-state index contributed by atoms with van der Waals surface area (Å²) in [5.74, 6) is -0.662. The van der Waals surface area contributed by atoms with Gasteiger partial charge in [0.1, 0.15) is 0 Å². The Bertz CT molecular complexity index is 484. The molecule has 6 heteroatoms. The fourth-order valence-corrected chi connectivity index (χ4v) is 2.65. The Balaban J connectivity index is 2.39. The monoisotopic (exact) mass is 265 g/mol. The van der Waals surface area contributed by atoms with Crippen LogP contribution >= 0.6 is 0 Å². The molecule has 0 aromatic carbocycles. The zero-order valence-electron chi connectivity index (χ0n) is 11.7. The third-order valence-corrected chi connectivity index (χ3v) is 2.88. The van der Waals surface area contributed by atoms with Gasteiger partial charge in [-0.25, -0.2) is 14.8 Å². The second-order valence-electron chi connectivity index (χ2n) is 6.01. The second kappa shape index (κ2) is 4.45. The van der Waals surface area contributed by atoms with E-state index in [0.717, 1.165) is 0 Å². The lowest BCUT2D eigenvalue weighted by Crippen LogP contribution is -2.57. The first-order chi connectivity index (χ1) is 8.70. The molecule has 6 nitrogen and oxygen atoms in total. The van der Waals surface area contributed by atoms with Crippen LogP contribution in [0.2, 0.25) is 0 Å². The van der Waals surface area contributed by atoms with Gasteiger partial charge in [-0.1, -0.05) is 0 Å². The SMILES string of the molecule is CC1(C)CN(c2nccnc2C(=O)O)CC(C)(C)O1. The highest BCUT2D eigenvalue weighted by Gasteiger charge is 2.39. The maximum atomic E-state index is 11.2. The van der Waals surface area contributed by atoms with E-state index in [4.69, 9.17) is 4.74 Å². The number of carboxylic acids is 1. The van der Waals surface area contributed by atoms with E-state index in [1.165, 1.54) is 12.4 Å². The molecule has 0 aliphatic carbocycles. The summed E-state index contributed by atoms with van der Waals surface area (Å²) in [6.07, 6.45) is 2.90. The Morgan fingerprint density at radius 3 is 2.26 bits per heavy atom. The smallest absolute Gasteiger partial charge is 0.358 e. The summed E-state index contributed by atoms with van der Waals surface area (Å²) in [7, 11) is 0. The first kappa shape index (κ1) is 13.7. The quantitative estimate of drug-likeness (QED) is 0.874. The van der Waals surface area contributed by atoms with Crippen LogP contribution in [0, 0.1) is 0 Å². The number of aromatic nitrogens is 2. The Labute approximate surface area is 112 Å². The van der Waals surface area contributed by atoms with Crippen molar-refractivity contribution in [2.45, 2.75) is 38.9 Å². The van der Waals surface area contributed by atoms with Crippen LogP contribution in [0.3, 0.4) is 0 Å². The van der Waals surface area contributed by atoms with Crippen molar-refractivity contribution in [2.24, 2.45) is 0 Å². The summed E-state index contributed by atoms with van der Waals surface area (Å²) in [6.45, 7) is 9.09. The predicted molar refractivity (Wildman–Crippen MR) is 70.4 cm³/mol. The molecule has 0 amide bonds. The highest BCUT2D eigenvalue weighted by atomic mass is 16.5. The second-order valence-corrected chi connectivity index (χ2v) is 6.01. The fourth-order valence-electron chi connectivity index (χ4n) is 2.65. The van der Waals surface area contributed by atoms with Crippen molar-refractivity contribution in [1.29, 1.82) is 0 Å². The third-order valence-electron chi connectivity index (χ3n) is 2.88. The molecule has 1 fully saturated rings. The van der Waals surface area contributed by atoms with Crippen LogP contribution in [0.5, 0.6) is 0 Å². The number of carboxylic acid groups (broad SMARTS) is 1. The Hall–Kier alpha value is -1.69. The van der Waals surface area contributed by atoms with Gasteiger partial charge < -0.3 is 14.7 Å². The lowest BCUT2D eigenvalue weighted by Gasteiger charge is -2.47. The first-order valence-electron chi connectivity index (χ1n) is 6.20. The van der Waals surface area contributed by atoms with E-state index in [1.807, 2.05) is 32.6 Å². The number of morpholine rings is 1. The van der Waals surface area contributed by atoms with Crippen LogP contribution in [0.4, 0.5) is 5.82 Å². The highest BCUT2D eigenvalue weighted by Crippen LogP contribution is 2.31. The van der Waals surface area contributed by atoms with Crippen LogP contribution < -0.4 is 4.90 Å². The van der Waals surface area contributed by atoms with Gasteiger partial charge >= 0.3 is 5.97 Å². The van der Waals surface area contributed by atoms with Crippen LogP contribution in [-0.2, 0) is 4.74 Å². The summed E-state index contributed by atoms with van der Waals surface area (Å²) in [5.41, 5.74) is -0.750. The van der Waals surface area contributed by atoms with Crippen molar-refractivity contribution in [1.82, 2.24) is 9.97 Å². The summed E-state index contributed by atoms with van der Waals surface area (Å²) in [5, 5.41) is 9.20. The number of carbonyl (C=O) groups is 1. The van der Waals surface area contributed by atoms with E-state index in [1.54, 1.807) is 0 Å². The van der Waals surface area contributed by atoms with E-state index in [9.17, 15) is 9.90 Å². The lowest BCUT2D eigenvalue weighted by molar-refractivity contribution is -0.133. The van der Waals surface area contributed by atoms with E-state index >= 15 is 0 Å². The molecule has 104 valence electrons. The zero-order valence-corrected chi connectivity index (χ0v) is 11.7. The van der Waals surface area contributed by atoms with Crippen molar-refractivity contribution in [3.63, 3.8) is 0 Å². The van der Waals surface area contributed by atoms with Gasteiger partial charge in [0, 0.05) is 25.5 Å². The highest BCUT2D eigenvalue weighted by molar-refractivity contribution is 5.91. The van der Waals surface area contributed by atoms with Gasteiger partial charge in [-0.05, 0) is 27.7 Å². The maximum Gasteiger partial charge on any atom is 0.358 e. The Morgan fingerprint density at radius 2 is 1.74 bits per heavy atom.